The summed E-state index contributed by atoms with van der Waals surface area (Å²) in [7, 11) is 0. The highest BCUT2D eigenvalue weighted by molar-refractivity contribution is 5.80. The highest BCUT2D eigenvalue weighted by Gasteiger charge is 2.30. The molecule has 25 heavy (non-hydrogen) atoms. The Morgan fingerprint density at radius 2 is 1.76 bits per heavy atom. The molecule has 2 atom stereocenters. The van der Waals surface area contributed by atoms with E-state index in [2.05, 4.69) is 41.8 Å². The maximum atomic E-state index is 12.6. The summed E-state index contributed by atoms with van der Waals surface area (Å²) in [6.07, 6.45) is 2.56. The Balaban J connectivity index is 1.57. The van der Waals surface area contributed by atoms with Crippen LogP contribution in [0, 0.1) is 5.92 Å². The molecule has 0 bridgehead atoms. The molecule has 130 valence electrons. The van der Waals surface area contributed by atoms with Crippen molar-refractivity contribution in [1.29, 1.82) is 0 Å². The molecule has 0 saturated carbocycles. The molecule has 0 aromatic heterocycles. The molecule has 0 radical (unpaired) electrons. The lowest BCUT2D eigenvalue weighted by Crippen LogP contribution is -2.35. The van der Waals surface area contributed by atoms with Crippen LogP contribution in [0.2, 0.25) is 0 Å². The third kappa shape index (κ3) is 4.08. The monoisotopic (exact) mass is 336 g/mol. The largest absolute Gasteiger partial charge is 0.355 e. The zero-order valence-corrected chi connectivity index (χ0v) is 14.5. The molecule has 0 fully saturated rings. The van der Waals surface area contributed by atoms with E-state index < -0.39 is 0 Å². The van der Waals surface area contributed by atoms with Crippen molar-refractivity contribution >= 4 is 12.3 Å². The molecule has 4 heteroatoms. The maximum absolute atomic E-state index is 12.6. The lowest BCUT2D eigenvalue weighted by molar-refractivity contribution is -0.126. The van der Waals surface area contributed by atoms with Gasteiger partial charge in [0.1, 0.15) is 0 Å². The van der Waals surface area contributed by atoms with Crippen molar-refractivity contribution in [2.45, 2.75) is 38.8 Å². The van der Waals surface area contributed by atoms with Crippen LogP contribution in [-0.2, 0) is 29.1 Å². The topological polar surface area (TPSA) is 58.2 Å². The fourth-order valence-electron chi connectivity index (χ4n) is 3.60. The van der Waals surface area contributed by atoms with Crippen molar-refractivity contribution in [1.82, 2.24) is 10.6 Å². The van der Waals surface area contributed by atoms with E-state index in [0.29, 0.717) is 19.5 Å². The highest BCUT2D eigenvalue weighted by atomic mass is 16.2. The predicted octanol–water partition coefficient (Wildman–Crippen LogP) is 2.91. The number of nitrogens with one attached hydrogen (secondary N) is 2. The van der Waals surface area contributed by atoms with Gasteiger partial charge in [0.2, 0.25) is 12.3 Å². The summed E-state index contributed by atoms with van der Waals surface area (Å²) in [6, 6.07) is 16.3. The van der Waals surface area contributed by atoms with Gasteiger partial charge < -0.3 is 10.6 Å². The van der Waals surface area contributed by atoms with Gasteiger partial charge in [-0.1, -0.05) is 55.5 Å². The van der Waals surface area contributed by atoms with Crippen LogP contribution in [0.15, 0.2) is 48.5 Å². The van der Waals surface area contributed by atoms with E-state index in [9.17, 15) is 9.59 Å². The molecule has 0 spiro atoms. The van der Waals surface area contributed by atoms with Crippen LogP contribution >= 0.6 is 0 Å². The minimum absolute atomic E-state index is 0.0333. The third-order valence-corrected chi connectivity index (χ3v) is 5.09. The molecule has 2 aromatic carbocycles. The van der Waals surface area contributed by atoms with E-state index in [4.69, 9.17) is 0 Å². The summed E-state index contributed by atoms with van der Waals surface area (Å²) < 4.78 is 0. The lowest BCUT2D eigenvalue weighted by atomic mass is 9.75. The maximum Gasteiger partial charge on any atom is 0.223 e. The Bertz CT molecular complexity index is 740. The Kier molecular flexibility index (Phi) is 5.49. The highest BCUT2D eigenvalue weighted by Crippen LogP contribution is 2.35. The molecule has 2 N–H and O–H groups in total. The first-order valence-electron chi connectivity index (χ1n) is 8.79. The molecule has 1 aliphatic carbocycles. The van der Waals surface area contributed by atoms with Crippen molar-refractivity contribution < 1.29 is 9.59 Å². The standard InChI is InChI=1S/C21H24N2O2/c1-15-19-5-3-2-4-18(19)10-11-20(15)21(25)23-13-17-8-6-16(7-9-17)12-22-14-24/h2-9,14-15,20H,10-13H2,1H3,(H,22,24)(H,23,25)/t15-,20+/m0/s1. The molecular weight excluding hydrogens is 312 g/mol. The van der Waals surface area contributed by atoms with Gasteiger partial charge in [-0.15, -0.1) is 0 Å². The molecule has 3 rings (SSSR count). The second kappa shape index (κ2) is 7.97. The van der Waals surface area contributed by atoms with Crippen molar-refractivity contribution in [2.75, 3.05) is 0 Å². The molecule has 0 aliphatic heterocycles. The summed E-state index contributed by atoms with van der Waals surface area (Å²) in [5, 5.41) is 5.72. The number of aryl methyl sites for hydroxylation is 1. The quantitative estimate of drug-likeness (QED) is 0.797. The van der Waals surface area contributed by atoms with Crippen molar-refractivity contribution in [3.05, 3.63) is 70.8 Å². The van der Waals surface area contributed by atoms with Crippen LogP contribution in [0.3, 0.4) is 0 Å². The van der Waals surface area contributed by atoms with Crippen LogP contribution in [0.25, 0.3) is 0 Å². The van der Waals surface area contributed by atoms with Gasteiger partial charge in [0.25, 0.3) is 0 Å². The first-order valence-corrected chi connectivity index (χ1v) is 8.79. The van der Waals surface area contributed by atoms with Gasteiger partial charge >= 0.3 is 0 Å². The molecule has 2 aromatic rings. The van der Waals surface area contributed by atoms with Crippen molar-refractivity contribution in [3.8, 4) is 0 Å². The molecule has 4 nitrogen and oxygen atoms in total. The van der Waals surface area contributed by atoms with Crippen LogP contribution in [0.5, 0.6) is 0 Å². The van der Waals surface area contributed by atoms with Crippen LogP contribution in [0.4, 0.5) is 0 Å². The van der Waals surface area contributed by atoms with Gasteiger partial charge in [-0.2, -0.15) is 0 Å². The summed E-state index contributed by atoms with van der Waals surface area (Å²) in [5.74, 6) is 0.418. The smallest absolute Gasteiger partial charge is 0.223 e. The molecule has 0 unspecified atom stereocenters. The average molecular weight is 336 g/mol. The molecule has 2 amide bonds. The third-order valence-electron chi connectivity index (χ3n) is 5.09. The Morgan fingerprint density at radius 1 is 1.08 bits per heavy atom. The van der Waals surface area contributed by atoms with E-state index in [1.165, 1.54) is 11.1 Å². The van der Waals surface area contributed by atoms with Crippen molar-refractivity contribution in [2.24, 2.45) is 5.92 Å². The number of hydrogen-bond acceptors (Lipinski definition) is 2. The lowest BCUT2D eigenvalue weighted by Gasteiger charge is -2.30. The molecule has 0 saturated heterocycles. The first-order chi connectivity index (χ1) is 12.2. The van der Waals surface area contributed by atoms with Gasteiger partial charge in [-0.3, -0.25) is 9.59 Å². The van der Waals surface area contributed by atoms with Gasteiger partial charge in [-0.05, 0) is 41.0 Å². The summed E-state index contributed by atoms with van der Waals surface area (Å²) in [5.41, 5.74) is 4.78. The molecule has 1 aliphatic rings. The number of carbonyl (C=O) groups is 2. The minimum Gasteiger partial charge on any atom is -0.355 e. The number of carbonyl (C=O) groups excluding carboxylic acids is 2. The number of amides is 2. The zero-order valence-electron chi connectivity index (χ0n) is 14.5. The van der Waals surface area contributed by atoms with E-state index in [1.807, 2.05) is 24.3 Å². The second-order valence-electron chi connectivity index (χ2n) is 6.67. The Labute approximate surface area is 148 Å². The number of fused-ring (bicyclic) bond motifs is 1. The Hall–Kier alpha value is -2.62. The fourth-order valence-corrected chi connectivity index (χ4v) is 3.60. The van der Waals surface area contributed by atoms with E-state index in [1.54, 1.807) is 0 Å². The zero-order chi connectivity index (χ0) is 17.6. The van der Waals surface area contributed by atoms with Crippen LogP contribution in [-0.4, -0.2) is 12.3 Å². The number of hydrogen-bond donors (Lipinski definition) is 2. The minimum atomic E-state index is 0.0333. The molecular formula is C21H24N2O2. The normalized spacial score (nSPS) is 18.9. The predicted molar refractivity (Wildman–Crippen MR) is 97.9 cm³/mol. The van der Waals surface area contributed by atoms with Gasteiger partial charge in [0.15, 0.2) is 0 Å². The fraction of sp³-hybridized carbons (Fsp3) is 0.333. The van der Waals surface area contributed by atoms with Crippen LogP contribution < -0.4 is 10.6 Å². The van der Waals surface area contributed by atoms with Crippen molar-refractivity contribution in [3.63, 3.8) is 0 Å². The van der Waals surface area contributed by atoms with Gasteiger partial charge in [0.05, 0.1) is 0 Å². The summed E-state index contributed by atoms with van der Waals surface area (Å²) in [6.45, 7) is 3.21. The number of benzene rings is 2. The first kappa shape index (κ1) is 17.2. The second-order valence-corrected chi connectivity index (χ2v) is 6.67. The van der Waals surface area contributed by atoms with E-state index >= 15 is 0 Å². The Morgan fingerprint density at radius 3 is 2.48 bits per heavy atom. The summed E-state index contributed by atoms with van der Waals surface area (Å²) in [4.78, 5) is 23.0. The number of rotatable bonds is 6. The summed E-state index contributed by atoms with van der Waals surface area (Å²) >= 11 is 0. The van der Waals surface area contributed by atoms with Gasteiger partial charge in [0, 0.05) is 19.0 Å². The molecule has 0 heterocycles. The van der Waals surface area contributed by atoms with E-state index in [-0.39, 0.29) is 17.7 Å². The SMILES string of the molecule is C[C@H]1c2ccccc2CC[C@H]1C(=O)NCc1ccc(CNC=O)cc1. The average Bonchev–Trinajstić information content (AvgIpc) is 2.66. The van der Waals surface area contributed by atoms with Gasteiger partial charge in [-0.25, -0.2) is 0 Å². The van der Waals surface area contributed by atoms with E-state index in [0.717, 1.165) is 24.0 Å². The van der Waals surface area contributed by atoms with Crippen LogP contribution in [0.1, 0.15) is 41.5 Å².